The van der Waals surface area contributed by atoms with Crippen LogP contribution in [0.3, 0.4) is 0 Å². The summed E-state index contributed by atoms with van der Waals surface area (Å²) in [6.07, 6.45) is 2.31. The van der Waals surface area contributed by atoms with Gasteiger partial charge in [-0.1, -0.05) is 0 Å². The summed E-state index contributed by atoms with van der Waals surface area (Å²) in [5.41, 5.74) is 0. The highest BCUT2D eigenvalue weighted by Crippen LogP contribution is 1.97. The van der Waals surface area contributed by atoms with Crippen LogP contribution in [0.15, 0.2) is 0 Å². The Morgan fingerprint density at radius 2 is 1.45 bits per heavy atom. The quantitative estimate of drug-likeness (QED) is 0.579. The summed E-state index contributed by atoms with van der Waals surface area (Å²) < 4.78 is 4.83. The molecule has 3 heteroatoms. The third-order valence-corrected chi connectivity index (χ3v) is 1.20. The molecule has 1 saturated heterocycles. The first kappa shape index (κ1) is 10.9. The van der Waals surface area contributed by atoms with Crippen molar-refractivity contribution in [2.24, 2.45) is 0 Å². The van der Waals surface area contributed by atoms with Crippen molar-refractivity contribution in [2.45, 2.75) is 26.7 Å². The van der Waals surface area contributed by atoms with Crippen LogP contribution < -0.4 is 0 Å². The van der Waals surface area contributed by atoms with E-state index in [4.69, 9.17) is 4.74 Å². The van der Waals surface area contributed by atoms with E-state index < -0.39 is 0 Å². The molecule has 1 aliphatic heterocycles. The maximum atomic E-state index is 4.83. The smallest absolute Gasteiger partial charge is 0.0823 e. The van der Waals surface area contributed by atoms with Crippen molar-refractivity contribution in [2.75, 3.05) is 26.4 Å². The van der Waals surface area contributed by atoms with Gasteiger partial charge in [-0.2, -0.15) is 0 Å². The van der Waals surface area contributed by atoms with Crippen molar-refractivity contribution >= 4 is 0 Å². The molecular weight excluding hydrogens is 144 g/mol. The molecule has 0 spiro atoms. The van der Waals surface area contributed by atoms with E-state index >= 15 is 0 Å². The van der Waals surface area contributed by atoms with Gasteiger partial charge in [0.25, 0.3) is 0 Å². The summed E-state index contributed by atoms with van der Waals surface area (Å²) in [7, 11) is 0. The Bertz CT molecular complexity index is 48.8. The van der Waals surface area contributed by atoms with E-state index in [0.717, 1.165) is 39.3 Å². The molecule has 0 aromatic heterocycles. The van der Waals surface area contributed by atoms with E-state index in [1.807, 2.05) is 13.8 Å². The highest BCUT2D eigenvalue weighted by molar-refractivity contribution is 4.36. The van der Waals surface area contributed by atoms with Gasteiger partial charge in [0.2, 0.25) is 0 Å². The number of ether oxygens (including phenoxy) is 1. The highest BCUT2D eigenvalue weighted by atomic mass is 17.2. The van der Waals surface area contributed by atoms with Crippen LogP contribution in [0.4, 0.5) is 0 Å². The largest absolute Gasteiger partial charge is 0.382 e. The zero-order chi connectivity index (χ0) is 8.36. The van der Waals surface area contributed by atoms with Gasteiger partial charge in [-0.3, -0.25) is 0 Å². The van der Waals surface area contributed by atoms with Gasteiger partial charge < -0.3 is 4.74 Å². The molecule has 0 aromatic carbocycles. The average molecular weight is 162 g/mol. The summed E-state index contributed by atoms with van der Waals surface area (Å²) in [4.78, 5) is 9.14. The number of hydrogen-bond donors (Lipinski definition) is 0. The Hall–Kier alpha value is -0.120. The second-order valence-electron chi connectivity index (χ2n) is 2.13. The minimum absolute atomic E-state index is 0.778. The molecule has 0 atom stereocenters. The van der Waals surface area contributed by atoms with Gasteiger partial charge in [0, 0.05) is 13.2 Å². The van der Waals surface area contributed by atoms with Gasteiger partial charge in [0.1, 0.15) is 0 Å². The Morgan fingerprint density at radius 3 is 1.55 bits per heavy atom. The fourth-order valence-electron chi connectivity index (χ4n) is 0.644. The second kappa shape index (κ2) is 9.88. The van der Waals surface area contributed by atoms with Crippen LogP contribution >= 0.6 is 0 Å². The first-order valence-corrected chi connectivity index (χ1v) is 4.24. The summed E-state index contributed by atoms with van der Waals surface area (Å²) in [6.45, 7) is 7.22. The molecule has 0 saturated carbocycles. The van der Waals surface area contributed by atoms with Crippen molar-refractivity contribution in [3.8, 4) is 0 Å². The van der Waals surface area contributed by atoms with Gasteiger partial charge >= 0.3 is 0 Å². The van der Waals surface area contributed by atoms with Crippen LogP contribution in [0.5, 0.6) is 0 Å². The zero-order valence-electron chi connectivity index (χ0n) is 7.47. The lowest BCUT2D eigenvalue weighted by atomic mass is 10.3. The fraction of sp³-hybridized carbons (Fsp3) is 1.00. The van der Waals surface area contributed by atoms with Crippen molar-refractivity contribution in [3.05, 3.63) is 0 Å². The number of hydrogen-bond acceptors (Lipinski definition) is 3. The molecule has 68 valence electrons. The lowest BCUT2D eigenvalue weighted by Gasteiger charge is -2.07. The highest BCUT2D eigenvalue weighted by Gasteiger charge is 1.95. The van der Waals surface area contributed by atoms with Crippen LogP contribution in [0.1, 0.15) is 26.7 Å². The maximum Gasteiger partial charge on any atom is 0.0823 e. The molecule has 1 fully saturated rings. The van der Waals surface area contributed by atoms with Crippen molar-refractivity contribution in [1.82, 2.24) is 0 Å². The Balaban J connectivity index is 0.000000187. The molecular formula is C8H18O3. The normalized spacial score (nSPS) is 16.9. The lowest BCUT2D eigenvalue weighted by molar-refractivity contribution is -0.312. The lowest BCUT2D eigenvalue weighted by Crippen LogP contribution is -2.05. The van der Waals surface area contributed by atoms with Gasteiger partial charge in [-0.05, 0) is 26.7 Å². The van der Waals surface area contributed by atoms with E-state index in [0.29, 0.717) is 0 Å². The molecule has 1 heterocycles. The van der Waals surface area contributed by atoms with E-state index in [1.54, 1.807) is 0 Å². The molecule has 3 nitrogen and oxygen atoms in total. The second-order valence-corrected chi connectivity index (χ2v) is 2.13. The summed E-state index contributed by atoms with van der Waals surface area (Å²) >= 11 is 0. The van der Waals surface area contributed by atoms with Gasteiger partial charge in [0.05, 0.1) is 13.2 Å². The number of rotatable bonds is 2. The zero-order valence-corrected chi connectivity index (χ0v) is 7.47. The summed E-state index contributed by atoms with van der Waals surface area (Å²) in [6, 6.07) is 0. The molecule has 0 amide bonds. The van der Waals surface area contributed by atoms with Crippen molar-refractivity contribution in [1.29, 1.82) is 0 Å². The molecule has 0 unspecified atom stereocenters. The molecule has 0 bridgehead atoms. The predicted octanol–water partition coefficient (Wildman–Crippen LogP) is 1.77. The third-order valence-electron chi connectivity index (χ3n) is 1.20. The van der Waals surface area contributed by atoms with Gasteiger partial charge in [-0.15, -0.1) is 0 Å². The van der Waals surface area contributed by atoms with Gasteiger partial charge in [-0.25, -0.2) is 9.78 Å². The van der Waals surface area contributed by atoms with Gasteiger partial charge in [0.15, 0.2) is 0 Å². The third kappa shape index (κ3) is 9.88. The minimum Gasteiger partial charge on any atom is -0.382 e. The maximum absolute atomic E-state index is 4.83. The van der Waals surface area contributed by atoms with Crippen LogP contribution in [0.25, 0.3) is 0 Å². The Kier molecular flexibility index (Phi) is 9.77. The summed E-state index contributed by atoms with van der Waals surface area (Å²) in [5.74, 6) is 0. The molecule has 0 radical (unpaired) electrons. The minimum atomic E-state index is 0.778. The molecule has 11 heavy (non-hydrogen) atoms. The average Bonchev–Trinajstić information content (AvgIpc) is 2.10. The van der Waals surface area contributed by atoms with Crippen LogP contribution in [0.2, 0.25) is 0 Å². The molecule has 1 aliphatic rings. The van der Waals surface area contributed by atoms with Crippen LogP contribution in [-0.2, 0) is 14.5 Å². The van der Waals surface area contributed by atoms with E-state index in [1.165, 1.54) is 0 Å². The predicted molar refractivity (Wildman–Crippen MR) is 43.3 cm³/mol. The Labute approximate surface area is 68.6 Å². The monoisotopic (exact) mass is 162 g/mol. The summed E-state index contributed by atoms with van der Waals surface area (Å²) in [5, 5.41) is 0. The van der Waals surface area contributed by atoms with Crippen LogP contribution in [0, 0.1) is 0 Å². The van der Waals surface area contributed by atoms with E-state index in [2.05, 4.69) is 9.78 Å². The molecule has 0 aromatic rings. The molecule has 0 N–H and O–H groups in total. The van der Waals surface area contributed by atoms with E-state index in [-0.39, 0.29) is 0 Å². The molecule has 0 aliphatic carbocycles. The first-order valence-electron chi connectivity index (χ1n) is 4.24. The fourth-order valence-corrected chi connectivity index (χ4v) is 0.644. The SMILES string of the molecule is C1CCOOC1.CCOCC. The molecule has 1 rings (SSSR count). The standard InChI is InChI=1S/C4H8O2.C4H10O/c1-2-4-6-5-3-1;1-3-5-4-2/h1-4H2;3-4H2,1-2H3. The van der Waals surface area contributed by atoms with Crippen molar-refractivity contribution in [3.63, 3.8) is 0 Å². The van der Waals surface area contributed by atoms with Crippen molar-refractivity contribution < 1.29 is 14.5 Å². The Morgan fingerprint density at radius 1 is 1.00 bits per heavy atom. The first-order chi connectivity index (χ1) is 5.41. The van der Waals surface area contributed by atoms with E-state index in [9.17, 15) is 0 Å². The van der Waals surface area contributed by atoms with Crippen LogP contribution in [-0.4, -0.2) is 26.4 Å². The topological polar surface area (TPSA) is 27.7 Å².